The zero-order valence-corrected chi connectivity index (χ0v) is 10.9. The Morgan fingerprint density at radius 2 is 2.28 bits per heavy atom. The van der Waals surface area contributed by atoms with Crippen LogP contribution < -0.4 is 5.32 Å². The Balaban J connectivity index is 1.88. The highest BCUT2D eigenvalue weighted by molar-refractivity contribution is 5.77. The highest BCUT2D eigenvalue weighted by Crippen LogP contribution is 2.18. The quantitative estimate of drug-likeness (QED) is 0.753. The number of aliphatic hydroxyl groups excluding tert-OH is 1. The number of morpholine rings is 1. The Morgan fingerprint density at radius 3 is 3.00 bits per heavy atom. The van der Waals surface area contributed by atoms with Gasteiger partial charge in [0.15, 0.2) is 0 Å². The van der Waals surface area contributed by atoms with Gasteiger partial charge in [0.1, 0.15) is 0 Å². The molecule has 0 spiro atoms. The van der Waals surface area contributed by atoms with Crippen LogP contribution in [-0.4, -0.2) is 60.9 Å². The van der Waals surface area contributed by atoms with Crippen LogP contribution in [0.25, 0.3) is 0 Å². The number of carbonyl (C=O) groups excluding carboxylic acids is 1. The molecule has 0 aromatic carbocycles. The fourth-order valence-corrected chi connectivity index (χ4v) is 2.77. The first-order valence-electron chi connectivity index (χ1n) is 7.02. The number of nitrogens with one attached hydrogen (secondary N) is 1. The lowest BCUT2D eigenvalue weighted by atomic mass is 10.1. The summed E-state index contributed by atoms with van der Waals surface area (Å²) in [5.41, 5.74) is 0. The topological polar surface area (TPSA) is 61.8 Å². The molecule has 18 heavy (non-hydrogen) atoms. The summed E-state index contributed by atoms with van der Waals surface area (Å²) < 4.78 is 5.37. The normalized spacial score (nSPS) is 29.9. The van der Waals surface area contributed by atoms with E-state index < -0.39 is 0 Å². The number of hydrogen-bond acceptors (Lipinski definition) is 4. The van der Waals surface area contributed by atoms with Crippen LogP contribution in [-0.2, 0) is 9.53 Å². The molecule has 0 aromatic heterocycles. The van der Waals surface area contributed by atoms with Crippen molar-refractivity contribution >= 4 is 5.91 Å². The maximum absolute atomic E-state index is 12.3. The van der Waals surface area contributed by atoms with Crippen LogP contribution in [0.5, 0.6) is 0 Å². The molecule has 2 unspecified atom stereocenters. The standard InChI is InChI=1S/C13H24N2O3/c16-9-12-4-2-1-3-6-15(12)13(17)8-11-10-18-7-5-14-11/h11-12,14,16H,1-10H2. The van der Waals surface area contributed by atoms with Crippen molar-refractivity contribution in [3.63, 3.8) is 0 Å². The average molecular weight is 256 g/mol. The molecular formula is C13H24N2O3. The number of rotatable bonds is 3. The van der Waals surface area contributed by atoms with Crippen LogP contribution in [0.2, 0.25) is 0 Å². The molecule has 2 N–H and O–H groups in total. The van der Waals surface area contributed by atoms with Crippen molar-refractivity contribution in [3.8, 4) is 0 Å². The van der Waals surface area contributed by atoms with Crippen LogP contribution in [0.15, 0.2) is 0 Å². The summed E-state index contributed by atoms with van der Waals surface area (Å²) in [6, 6.07) is 0.151. The monoisotopic (exact) mass is 256 g/mol. The van der Waals surface area contributed by atoms with Crippen LogP contribution in [0.3, 0.4) is 0 Å². The zero-order valence-electron chi connectivity index (χ0n) is 10.9. The summed E-state index contributed by atoms with van der Waals surface area (Å²) in [7, 11) is 0. The van der Waals surface area contributed by atoms with E-state index in [1.807, 2.05) is 4.90 Å². The first-order valence-corrected chi connectivity index (χ1v) is 7.02. The molecule has 0 bridgehead atoms. The Morgan fingerprint density at radius 1 is 1.39 bits per heavy atom. The number of amides is 1. The van der Waals surface area contributed by atoms with Gasteiger partial charge in [-0.2, -0.15) is 0 Å². The number of aliphatic hydroxyl groups is 1. The van der Waals surface area contributed by atoms with E-state index in [1.54, 1.807) is 0 Å². The highest BCUT2D eigenvalue weighted by atomic mass is 16.5. The second kappa shape index (κ2) is 7.07. The van der Waals surface area contributed by atoms with Crippen molar-refractivity contribution in [1.82, 2.24) is 10.2 Å². The maximum Gasteiger partial charge on any atom is 0.224 e. The van der Waals surface area contributed by atoms with Crippen molar-refractivity contribution in [3.05, 3.63) is 0 Å². The predicted octanol–water partition coefficient (Wildman–Crippen LogP) is 0.128. The summed E-state index contributed by atoms with van der Waals surface area (Å²) in [4.78, 5) is 14.2. The SMILES string of the molecule is O=C(CC1COCCN1)N1CCCCCC1CO. The van der Waals surface area contributed by atoms with Gasteiger partial charge in [0.25, 0.3) is 0 Å². The van der Waals surface area contributed by atoms with Crippen molar-refractivity contribution < 1.29 is 14.6 Å². The largest absolute Gasteiger partial charge is 0.394 e. The van der Waals surface area contributed by atoms with E-state index in [0.29, 0.717) is 13.0 Å². The molecule has 2 rings (SSSR count). The van der Waals surface area contributed by atoms with E-state index in [2.05, 4.69) is 5.32 Å². The van der Waals surface area contributed by atoms with Crippen LogP contribution in [0, 0.1) is 0 Å². The second-order valence-corrected chi connectivity index (χ2v) is 5.20. The summed E-state index contributed by atoms with van der Waals surface area (Å²) in [5, 5.41) is 12.7. The van der Waals surface area contributed by atoms with E-state index in [0.717, 1.165) is 45.4 Å². The fourth-order valence-electron chi connectivity index (χ4n) is 2.77. The molecule has 2 saturated heterocycles. The molecular weight excluding hydrogens is 232 g/mol. The minimum Gasteiger partial charge on any atom is -0.394 e. The molecule has 5 heteroatoms. The minimum absolute atomic E-state index is 0.0181. The highest BCUT2D eigenvalue weighted by Gasteiger charge is 2.27. The maximum atomic E-state index is 12.3. The number of carbonyl (C=O) groups is 1. The molecule has 2 aliphatic heterocycles. The second-order valence-electron chi connectivity index (χ2n) is 5.20. The minimum atomic E-state index is 0.0181. The first-order chi connectivity index (χ1) is 8.81. The third kappa shape index (κ3) is 3.67. The van der Waals surface area contributed by atoms with E-state index in [-0.39, 0.29) is 24.6 Å². The van der Waals surface area contributed by atoms with Gasteiger partial charge in [-0.15, -0.1) is 0 Å². The third-order valence-corrected chi connectivity index (χ3v) is 3.83. The molecule has 2 fully saturated rings. The van der Waals surface area contributed by atoms with E-state index in [1.165, 1.54) is 0 Å². The van der Waals surface area contributed by atoms with Gasteiger partial charge in [0, 0.05) is 25.6 Å². The van der Waals surface area contributed by atoms with Crippen molar-refractivity contribution in [2.75, 3.05) is 32.9 Å². The molecule has 5 nitrogen and oxygen atoms in total. The lowest BCUT2D eigenvalue weighted by Gasteiger charge is -2.31. The van der Waals surface area contributed by atoms with Crippen LogP contribution in [0.1, 0.15) is 32.1 Å². The van der Waals surface area contributed by atoms with Gasteiger partial charge in [0.05, 0.1) is 25.9 Å². The number of likely N-dealkylation sites (tertiary alicyclic amines) is 1. The molecule has 2 atom stereocenters. The first kappa shape index (κ1) is 13.8. The number of ether oxygens (including phenoxy) is 1. The summed E-state index contributed by atoms with van der Waals surface area (Å²) in [5.74, 6) is 0.152. The Hall–Kier alpha value is -0.650. The molecule has 2 aliphatic rings. The summed E-state index contributed by atoms with van der Waals surface area (Å²) >= 11 is 0. The van der Waals surface area contributed by atoms with Crippen molar-refractivity contribution in [2.24, 2.45) is 0 Å². The lowest BCUT2D eigenvalue weighted by molar-refractivity contribution is -0.135. The number of hydrogen-bond donors (Lipinski definition) is 2. The van der Waals surface area contributed by atoms with Gasteiger partial charge < -0.3 is 20.1 Å². The number of nitrogens with zero attached hydrogens (tertiary/aromatic N) is 1. The molecule has 1 amide bonds. The van der Waals surface area contributed by atoms with E-state index >= 15 is 0 Å². The van der Waals surface area contributed by atoms with Gasteiger partial charge in [-0.25, -0.2) is 0 Å². The Kier molecular flexibility index (Phi) is 5.41. The zero-order chi connectivity index (χ0) is 12.8. The smallest absolute Gasteiger partial charge is 0.224 e. The molecule has 104 valence electrons. The third-order valence-electron chi connectivity index (χ3n) is 3.83. The molecule has 0 saturated carbocycles. The lowest BCUT2D eigenvalue weighted by Crippen LogP contribution is -2.48. The van der Waals surface area contributed by atoms with Gasteiger partial charge in [-0.1, -0.05) is 12.8 Å². The molecule has 2 heterocycles. The molecule has 0 aromatic rings. The summed E-state index contributed by atoms with van der Waals surface area (Å²) in [6.07, 6.45) is 4.73. The van der Waals surface area contributed by atoms with Crippen LogP contribution in [0.4, 0.5) is 0 Å². The van der Waals surface area contributed by atoms with Gasteiger partial charge >= 0.3 is 0 Å². The van der Waals surface area contributed by atoms with Gasteiger partial charge in [0.2, 0.25) is 5.91 Å². The molecule has 0 aliphatic carbocycles. The van der Waals surface area contributed by atoms with Crippen molar-refractivity contribution in [1.29, 1.82) is 0 Å². The average Bonchev–Trinajstić information content (AvgIpc) is 2.64. The van der Waals surface area contributed by atoms with Gasteiger partial charge in [-0.3, -0.25) is 4.79 Å². The van der Waals surface area contributed by atoms with Crippen LogP contribution >= 0.6 is 0 Å². The van der Waals surface area contributed by atoms with E-state index in [9.17, 15) is 9.90 Å². The van der Waals surface area contributed by atoms with Gasteiger partial charge in [-0.05, 0) is 12.8 Å². The van der Waals surface area contributed by atoms with Crippen molar-refractivity contribution in [2.45, 2.75) is 44.2 Å². The Bertz CT molecular complexity index is 267. The fraction of sp³-hybridized carbons (Fsp3) is 0.923. The Labute approximate surface area is 108 Å². The summed E-state index contributed by atoms with van der Waals surface area (Å²) in [6.45, 7) is 3.04. The molecule has 0 radical (unpaired) electrons. The predicted molar refractivity (Wildman–Crippen MR) is 68.3 cm³/mol. The van der Waals surface area contributed by atoms with E-state index in [4.69, 9.17) is 4.74 Å².